The van der Waals surface area contributed by atoms with Crippen LogP contribution in [-0.4, -0.2) is 27.7 Å². The molecule has 27 heavy (non-hydrogen) atoms. The lowest BCUT2D eigenvalue weighted by Crippen LogP contribution is -2.41. The Bertz CT molecular complexity index is 826. The summed E-state index contributed by atoms with van der Waals surface area (Å²) < 4.78 is 27.9. The molecule has 5 nitrogen and oxygen atoms in total. The molecule has 1 aromatic heterocycles. The molecular formula is C17H18Cl2F2N4OS. The van der Waals surface area contributed by atoms with E-state index >= 15 is 0 Å². The third-order valence-corrected chi connectivity index (χ3v) is 5.95. The number of carbonyl (C=O) groups excluding carboxylic acids is 1. The Labute approximate surface area is 169 Å². The quantitative estimate of drug-likeness (QED) is 0.724. The van der Waals surface area contributed by atoms with E-state index in [0.29, 0.717) is 28.0 Å². The lowest BCUT2D eigenvalue weighted by Gasteiger charge is -2.16. The van der Waals surface area contributed by atoms with Gasteiger partial charge in [0.05, 0.1) is 21.0 Å². The van der Waals surface area contributed by atoms with Gasteiger partial charge in [0, 0.05) is 12.5 Å². The Morgan fingerprint density at radius 1 is 1.37 bits per heavy atom. The van der Waals surface area contributed by atoms with E-state index in [1.165, 1.54) is 22.5 Å². The van der Waals surface area contributed by atoms with E-state index in [1.54, 1.807) is 32.0 Å². The number of hydrogen-bond donors (Lipinski definition) is 2. The molecule has 1 aliphatic heterocycles. The van der Waals surface area contributed by atoms with E-state index in [0.717, 1.165) is 0 Å². The molecule has 0 bridgehead atoms. The van der Waals surface area contributed by atoms with Crippen molar-refractivity contribution in [1.82, 2.24) is 20.4 Å². The summed E-state index contributed by atoms with van der Waals surface area (Å²) in [6, 6.07) is 6.29. The maximum atomic E-state index is 13.3. The number of aromatic nitrogens is 2. The molecule has 2 aromatic rings. The molecule has 146 valence electrons. The van der Waals surface area contributed by atoms with Gasteiger partial charge in [0.1, 0.15) is 16.9 Å². The largest absolute Gasteiger partial charge is 0.332 e. The van der Waals surface area contributed by atoms with Crippen molar-refractivity contribution >= 4 is 40.9 Å². The Morgan fingerprint density at radius 2 is 2.04 bits per heavy atom. The zero-order valence-electron chi connectivity index (χ0n) is 14.5. The lowest BCUT2D eigenvalue weighted by molar-refractivity contribution is -0.124. The molecule has 0 aliphatic carbocycles. The second-order valence-corrected chi connectivity index (χ2v) is 8.48. The number of para-hydroxylation sites is 1. The number of thioether (sulfide) groups is 1. The monoisotopic (exact) mass is 434 g/mol. The van der Waals surface area contributed by atoms with E-state index in [4.69, 9.17) is 23.2 Å². The Kier molecular flexibility index (Phi) is 6.30. The highest BCUT2D eigenvalue weighted by molar-refractivity contribution is 8.00. The summed E-state index contributed by atoms with van der Waals surface area (Å²) in [6.07, 6.45) is -2.72. The first-order valence-electron chi connectivity index (χ1n) is 8.29. The molecule has 0 spiro atoms. The van der Waals surface area contributed by atoms with Gasteiger partial charge < -0.3 is 5.32 Å². The molecule has 1 saturated heterocycles. The highest BCUT2D eigenvalue weighted by Gasteiger charge is 2.32. The van der Waals surface area contributed by atoms with Gasteiger partial charge in [0.15, 0.2) is 0 Å². The maximum Gasteiger partial charge on any atom is 0.282 e. The zero-order valence-corrected chi connectivity index (χ0v) is 16.9. The molecular weight excluding hydrogens is 417 g/mol. The van der Waals surface area contributed by atoms with Gasteiger partial charge in [0.2, 0.25) is 5.91 Å². The van der Waals surface area contributed by atoms with Crippen molar-refractivity contribution in [3.8, 4) is 5.69 Å². The predicted octanol–water partition coefficient (Wildman–Crippen LogP) is 4.55. The first kappa shape index (κ1) is 20.4. The fraction of sp³-hybridized carbons (Fsp3) is 0.412. The normalized spacial score (nSPS) is 19.9. The van der Waals surface area contributed by atoms with Crippen LogP contribution in [0.25, 0.3) is 5.69 Å². The van der Waals surface area contributed by atoms with Crippen LogP contribution in [0.1, 0.15) is 36.9 Å². The van der Waals surface area contributed by atoms with Crippen LogP contribution in [0.15, 0.2) is 24.3 Å². The summed E-state index contributed by atoms with van der Waals surface area (Å²) in [5.74, 6) is -0.235. The van der Waals surface area contributed by atoms with Crippen LogP contribution in [0, 0.1) is 5.92 Å². The summed E-state index contributed by atoms with van der Waals surface area (Å²) in [7, 11) is 0. The highest BCUT2D eigenvalue weighted by atomic mass is 35.5. The smallest absolute Gasteiger partial charge is 0.282 e. The summed E-state index contributed by atoms with van der Waals surface area (Å²) in [6.45, 7) is 4.08. The summed E-state index contributed by atoms with van der Waals surface area (Å²) in [4.78, 5) is 11.9. The molecule has 2 unspecified atom stereocenters. The van der Waals surface area contributed by atoms with Crippen LogP contribution < -0.4 is 10.6 Å². The molecule has 0 saturated carbocycles. The van der Waals surface area contributed by atoms with Gasteiger partial charge in [-0.25, -0.2) is 13.5 Å². The molecule has 2 heterocycles. The summed E-state index contributed by atoms with van der Waals surface area (Å²) >= 11 is 13.9. The van der Waals surface area contributed by atoms with E-state index in [1.807, 2.05) is 0 Å². The van der Waals surface area contributed by atoms with Gasteiger partial charge >= 0.3 is 0 Å². The first-order valence-corrected chi connectivity index (χ1v) is 9.99. The summed E-state index contributed by atoms with van der Waals surface area (Å²) in [5, 5.41) is 10.5. The summed E-state index contributed by atoms with van der Waals surface area (Å²) in [5.41, 5.74) is 0.235. The minimum absolute atomic E-state index is 0.0865. The van der Waals surface area contributed by atoms with Gasteiger partial charge in [-0.05, 0) is 18.2 Å². The molecule has 0 radical (unpaired) electrons. The van der Waals surface area contributed by atoms with Gasteiger partial charge in [-0.2, -0.15) is 5.10 Å². The third kappa shape index (κ3) is 4.39. The molecule has 1 aromatic carbocycles. The minimum Gasteiger partial charge on any atom is -0.332 e. The number of halogens is 4. The van der Waals surface area contributed by atoms with Gasteiger partial charge in [-0.3, -0.25) is 10.1 Å². The molecule has 10 heteroatoms. The second-order valence-electron chi connectivity index (χ2n) is 6.35. The first-order chi connectivity index (χ1) is 12.8. The van der Waals surface area contributed by atoms with Crippen LogP contribution in [0.3, 0.4) is 0 Å². The van der Waals surface area contributed by atoms with E-state index in [-0.39, 0.29) is 28.3 Å². The number of nitrogens with zero attached hydrogens (tertiary/aromatic N) is 2. The molecule has 1 aliphatic rings. The number of alkyl halides is 2. The number of rotatable bonds is 5. The van der Waals surface area contributed by atoms with Crippen molar-refractivity contribution in [3.05, 3.63) is 45.7 Å². The van der Waals surface area contributed by atoms with Crippen molar-refractivity contribution in [2.24, 2.45) is 5.92 Å². The number of amides is 1. The van der Waals surface area contributed by atoms with Crippen LogP contribution in [0.4, 0.5) is 8.78 Å². The average Bonchev–Trinajstić information content (AvgIpc) is 3.21. The second kappa shape index (κ2) is 8.34. The average molecular weight is 435 g/mol. The van der Waals surface area contributed by atoms with Gasteiger partial charge in [-0.15, -0.1) is 11.8 Å². The van der Waals surface area contributed by atoms with Crippen molar-refractivity contribution in [1.29, 1.82) is 0 Å². The molecule has 3 rings (SSSR count). The van der Waals surface area contributed by atoms with E-state index in [9.17, 15) is 13.6 Å². The molecule has 2 atom stereocenters. The number of carbonyl (C=O) groups is 1. The Morgan fingerprint density at radius 3 is 2.63 bits per heavy atom. The fourth-order valence-corrected chi connectivity index (χ4v) is 4.41. The molecule has 1 amide bonds. The number of hydrogen-bond acceptors (Lipinski definition) is 4. The topological polar surface area (TPSA) is 59.0 Å². The SMILES string of the molecule is CC(C)C(=O)NC1NCC(c2cc(C(F)F)nn2-c2c(Cl)cccc2Cl)S1. The van der Waals surface area contributed by atoms with Gasteiger partial charge in [-0.1, -0.05) is 43.1 Å². The number of benzene rings is 1. The Hall–Kier alpha value is -1.35. The Balaban J connectivity index is 1.93. The predicted molar refractivity (Wildman–Crippen MR) is 104 cm³/mol. The molecule has 1 fully saturated rings. The third-order valence-electron chi connectivity index (χ3n) is 4.05. The lowest BCUT2D eigenvalue weighted by atomic mass is 10.2. The van der Waals surface area contributed by atoms with Crippen molar-refractivity contribution < 1.29 is 13.6 Å². The minimum atomic E-state index is -2.72. The van der Waals surface area contributed by atoms with Crippen molar-refractivity contribution in [3.63, 3.8) is 0 Å². The van der Waals surface area contributed by atoms with Crippen LogP contribution in [0.5, 0.6) is 0 Å². The highest BCUT2D eigenvalue weighted by Crippen LogP contribution is 2.39. The fourth-order valence-electron chi connectivity index (χ4n) is 2.65. The van der Waals surface area contributed by atoms with E-state index in [2.05, 4.69) is 15.7 Å². The van der Waals surface area contributed by atoms with Crippen molar-refractivity contribution in [2.75, 3.05) is 6.54 Å². The van der Waals surface area contributed by atoms with Crippen LogP contribution in [-0.2, 0) is 4.79 Å². The van der Waals surface area contributed by atoms with Gasteiger partial charge in [0.25, 0.3) is 6.43 Å². The van der Waals surface area contributed by atoms with E-state index < -0.39 is 6.43 Å². The number of nitrogens with one attached hydrogen (secondary N) is 2. The van der Waals surface area contributed by atoms with Crippen molar-refractivity contribution in [2.45, 2.75) is 31.0 Å². The standard InChI is InChI=1S/C17H18Cl2F2N4OS/c1-8(2)16(26)23-17-22-7-13(27-17)12-6-11(15(20)21)24-25(12)14-9(18)4-3-5-10(14)19/h3-6,8,13,15,17,22H,7H2,1-2H3,(H,23,26). The van der Waals surface area contributed by atoms with Crippen LogP contribution in [0.2, 0.25) is 10.0 Å². The molecule has 2 N–H and O–H groups in total. The zero-order chi connectivity index (χ0) is 19.7. The maximum absolute atomic E-state index is 13.3. The van der Waals surface area contributed by atoms with Crippen LogP contribution >= 0.6 is 35.0 Å².